The third-order valence-electron chi connectivity index (χ3n) is 3.77. The molecule has 0 heterocycles. The Hall–Kier alpha value is -0.160. The van der Waals surface area contributed by atoms with Crippen LogP contribution in [0, 0.1) is 12.8 Å². The fraction of sp³-hybridized carbons (Fsp3) is 0.944. The third kappa shape index (κ3) is 24.8. The third-order valence-corrected chi connectivity index (χ3v) is 3.77. The van der Waals surface area contributed by atoms with Crippen molar-refractivity contribution in [2.75, 3.05) is 42.3 Å². The quantitative estimate of drug-likeness (QED) is 0.451. The molecule has 0 aromatic heterocycles. The molecule has 0 aromatic rings. The molecular formula is C18H48N4+. The van der Waals surface area contributed by atoms with Gasteiger partial charge in [-0.15, -0.1) is 0 Å². The molecule has 22 heavy (non-hydrogen) atoms. The van der Waals surface area contributed by atoms with Gasteiger partial charge in [0.15, 0.2) is 0 Å². The monoisotopic (exact) mass is 320 g/mol. The van der Waals surface area contributed by atoms with Crippen LogP contribution in [-0.4, -0.2) is 52.8 Å². The van der Waals surface area contributed by atoms with E-state index in [-0.39, 0.29) is 0 Å². The van der Waals surface area contributed by atoms with Gasteiger partial charge in [-0.3, -0.25) is 0 Å². The molecule has 1 radical (unpaired) electrons. The molecule has 4 heteroatoms. The number of nitrogens with zero attached hydrogens (tertiary/aromatic N) is 1. The fourth-order valence-electron chi connectivity index (χ4n) is 1.90. The van der Waals surface area contributed by atoms with Gasteiger partial charge in [0.2, 0.25) is 0 Å². The molecule has 0 aromatic carbocycles. The van der Waals surface area contributed by atoms with Gasteiger partial charge in [0, 0.05) is 0 Å². The predicted molar refractivity (Wildman–Crippen MR) is 105 cm³/mol. The summed E-state index contributed by atoms with van der Waals surface area (Å²) >= 11 is 0. The lowest BCUT2D eigenvalue weighted by atomic mass is 9.96. The molecule has 4 nitrogen and oxygen atoms in total. The van der Waals surface area contributed by atoms with E-state index < -0.39 is 0 Å². The highest BCUT2D eigenvalue weighted by molar-refractivity contribution is 4.62. The molecule has 0 saturated carbocycles. The highest BCUT2D eigenvalue weighted by Gasteiger charge is 2.17. The predicted octanol–water partition coefficient (Wildman–Crippen LogP) is 3.01. The van der Waals surface area contributed by atoms with Crippen molar-refractivity contribution in [1.82, 2.24) is 0 Å². The van der Waals surface area contributed by atoms with Crippen molar-refractivity contribution in [3.8, 4) is 0 Å². The highest BCUT2D eigenvalue weighted by atomic mass is 15.3. The lowest BCUT2D eigenvalue weighted by Crippen LogP contribution is -2.43. The summed E-state index contributed by atoms with van der Waals surface area (Å²) in [6.07, 6.45) is 9.39. The minimum absolute atomic E-state index is 0.694. The molecule has 0 amide bonds. The second-order valence-corrected chi connectivity index (χ2v) is 6.26. The van der Waals surface area contributed by atoms with E-state index in [1.165, 1.54) is 66.1 Å². The molecule has 0 aliphatic rings. The van der Waals surface area contributed by atoms with Crippen molar-refractivity contribution in [3.05, 3.63) is 6.92 Å². The van der Waals surface area contributed by atoms with Gasteiger partial charge in [-0.2, -0.15) is 0 Å². The molecule has 6 N–H and O–H groups in total. The fourth-order valence-corrected chi connectivity index (χ4v) is 1.90. The highest BCUT2D eigenvalue weighted by Crippen LogP contribution is 2.17. The summed E-state index contributed by atoms with van der Waals surface area (Å²) in [4.78, 5) is 0. The molecule has 2 unspecified atom stereocenters. The van der Waals surface area contributed by atoms with Crippen LogP contribution in [0.5, 0.6) is 0 Å². The van der Waals surface area contributed by atoms with E-state index in [4.69, 9.17) is 0 Å². The first-order chi connectivity index (χ1) is 10.4. The summed E-state index contributed by atoms with van der Waals surface area (Å²) in [6.45, 7) is 8.86. The topological polar surface area (TPSA) is 78.1 Å². The SMILES string of the molecule is CN.CN.CN.[CH2]C(CCCC)CCCCC(C)[N+](C)(C)C. The zero-order chi connectivity index (χ0) is 18.6. The molecule has 2 atom stereocenters. The minimum Gasteiger partial charge on any atom is -0.333 e. The molecule has 0 rings (SSSR count). The van der Waals surface area contributed by atoms with Gasteiger partial charge < -0.3 is 21.7 Å². The first kappa shape index (κ1) is 29.8. The molecule has 0 aliphatic heterocycles. The average Bonchev–Trinajstić information content (AvgIpc) is 2.54. The Kier molecular flexibility index (Phi) is 31.3. The molecule has 139 valence electrons. The average molecular weight is 321 g/mol. The maximum Gasteiger partial charge on any atom is 0.0855 e. The standard InChI is InChI=1S/C15H33N.3CH5N/c1-7-8-11-14(2)12-9-10-13-15(3)16(4,5)6;3*1-2/h14-15H,2,7-13H2,1,3-6H3;3*2H2,1H3/q+1;;;. The summed E-state index contributed by atoms with van der Waals surface area (Å²) in [5, 5.41) is 0. The largest absolute Gasteiger partial charge is 0.333 e. The van der Waals surface area contributed by atoms with Gasteiger partial charge in [0.25, 0.3) is 0 Å². The van der Waals surface area contributed by atoms with Crippen LogP contribution in [0.2, 0.25) is 0 Å². The van der Waals surface area contributed by atoms with Crippen LogP contribution in [0.25, 0.3) is 0 Å². The second-order valence-electron chi connectivity index (χ2n) is 6.26. The van der Waals surface area contributed by atoms with Crippen LogP contribution >= 0.6 is 0 Å². The van der Waals surface area contributed by atoms with Gasteiger partial charge in [-0.25, -0.2) is 0 Å². The van der Waals surface area contributed by atoms with Crippen LogP contribution < -0.4 is 17.2 Å². The van der Waals surface area contributed by atoms with Crippen molar-refractivity contribution in [1.29, 1.82) is 0 Å². The van der Waals surface area contributed by atoms with Crippen molar-refractivity contribution in [3.63, 3.8) is 0 Å². The van der Waals surface area contributed by atoms with Gasteiger partial charge in [-0.05, 0) is 46.8 Å². The van der Waals surface area contributed by atoms with E-state index in [9.17, 15) is 0 Å². The van der Waals surface area contributed by atoms with Crippen molar-refractivity contribution in [2.24, 2.45) is 23.1 Å². The van der Waals surface area contributed by atoms with Crippen LogP contribution in [0.4, 0.5) is 0 Å². The molecular weight excluding hydrogens is 272 g/mol. The molecule has 0 spiro atoms. The Bertz CT molecular complexity index is 167. The summed E-state index contributed by atoms with van der Waals surface area (Å²) in [5.41, 5.74) is 13.5. The first-order valence-electron chi connectivity index (χ1n) is 8.75. The lowest BCUT2D eigenvalue weighted by molar-refractivity contribution is -0.894. The Morgan fingerprint density at radius 1 is 0.773 bits per heavy atom. The van der Waals surface area contributed by atoms with Crippen molar-refractivity contribution >= 4 is 0 Å². The zero-order valence-electron chi connectivity index (χ0n) is 17.0. The van der Waals surface area contributed by atoms with Gasteiger partial charge >= 0.3 is 0 Å². The van der Waals surface area contributed by atoms with Crippen LogP contribution in [-0.2, 0) is 0 Å². The van der Waals surface area contributed by atoms with Crippen molar-refractivity contribution in [2.45, 2.75) is 64.8 Å². The van der Waals surface area contributed by atoms with E-state index in [1.807, 2.05) is 0 Å². The van der Waals surface area contributed by atoms with E-state index in [0.29, 0.717) is 5.92 Å². The van der Waals surface area contributed by atoms with E-state index in [0.717, 1.165) is 10.5 Å². The smallest absolute Gasteiger partial charge is 0.0855 e. The Morgan fingerprint density at radius 3 is 1.50 bits per heavy atom. The molecule has 0 bridgehead atoms. The maximum atomic E-state index is 4.50. The molecule has 0 saturated heterocycles. The Labute approximate surface area is 142 Å². The van der Waals surface area contributed by atoms with Crippen molar-refractivity contribution < 1.29 is 4.48 Å². The normalized spacial score (nSPS) is 12.5. The van der Waals surface area contributed by atoms with E-state index >= 15 is 0 Å². The molecule has 0 fully saturated rings. The minimum atomic E-state index is 0.694. The summed E-state index contributed by atoms with van der Waals surface area (Å²) in [5.74, 6) is 0.694. The van der Waals surface area contributed by atoms with Gasteiger partial charge in [-0.1, -0.05) is 46.0 Å². The Morgan fingerprint density at radius 2 is 1.14 bits per heavy atom. The first-order valence-corrected chi connectivity index (χ1v) is 8.75. The van der Waals surface area contributed by atoms with E-state index in [1.54, 1.807) is 0 Å². The number of quaternary nitrogens is 1. The van der Waals surface area contributed by atoms with Crippen LogP contribution in [0.3, 0.4) is 0 Å². The number of rotatable bonds is 9. The second kappa shape index (κ2) is 23.1. The lowest BCUT2D eigenvalue weighted by Gasteiger charge is -2.31. The zero-order valence-corrected chi connectivity index (χ0v) is 17.0. The van der Waals surface area contributed by atoms with Gasteiger partial charge in [0.05, 0.1) is 27.2 Å². The number of nitrogens with two attached hydrogens (primary N) is 3. The number of unbranched alkanes of at least 4 members (excludes halogenated alkanes) is 2. The maximum absolute atomic E-state index is 4.50. The van der Waals surface area contributed by atoms with Gasteiger partial charge in [0.1, 0.15) is 0 Å². The van der Waals surface area contributed by atoms with Crippen LogP contribution in [0.1, 0.15) is 58.8 Å². The number of hydrogen-bond acceptors (Lipinski definition) is 3. The van der Waals surface area contributed by atoms with Crippen LogP contribution in [0.15, 0.2) is 0 Å². The Balaban J connectivity index is -0.000000238. The van der Waals surface area contributed by atoms with E-state index in [2.05, 4.69) is 59.1 Å². The molecule has 0 aliphatic carbocycles. The summed E-state index contributed by atoms with van der Waals surface area (Å²) < 4.78 is 1.09. The number of hydrogen-bond donors (Lipinski definition) is 3. The summed E-state index contributed by atoms with van der Waals surface area (Å²) in [7, 11) is 11.4. The summed E-state index contributed by atoms with van der Waals surface area (Å²) in [6, 6.07) is 0.777.